The van der Waals surface area contributed by atoms with E-state index in [1.807, 2.05) is 48.5 Å². The van der Waals surface area contributed by atoms with E-state index in [9.17, 15) is 0 Å². The van der Waals surface area contributed by atoms with Crippen LogP contribution < -0.4 is 26.3 Å². The Balaban J connectivity index is 0.000000424. The molecular formula is C32H51ClN8O2P2S4. The topological polar surface area (TPSA) is 138 Å². The normalized spacial score (nSPS) is 17.8. The Morgan fingerprint density at radius 1 is 0.918 bits per heavy atom. The van der Waals surface area contributed by atoms with E-state index >= 15 is 0 Å². The minimum atomic E-state index is 0. The minimum absolute atomic E-state index is 0. The zero-order valence-corrected chi connectivity index (χ0v) is 34.6. The molecule has 10 nitrogen and oxygen atoms in total. The van der Waals surface area contributed by atoms with Gasteiger partial charge in [0.1, 0.15) is 23.7 Å². The molecule has 0 aromatic heterocycles. The predicted octanol–water partition coefficient (Wildman–Crippen LogP) is 7.28. The number of halogens is 1. The quantitative estimate of drug-likeness (QED) is 0.0835. The predicted molar refractivity (Wildman–Crippen MR) is 230 cm³/mol. The number of likely N-dealkylation sites (tertiary alicyclic amines) is 2. The fraction of sp³-hybridized carbons (Fsp3) is 0.500. The summed E-state index contributed by atoms with van der Waals surface area (Å²) in [6.45, 7) is 11.0. The number of benzene rings is 2. The van der Waals surface area contributed by atoms with Crippen molar-refractivity contribution in [2.45, 2.75) is 51.7 Å². The maximum Gasteiger partial charge on any atom is 0.199 e. The number of piperidine rings is 2. The lowest BCUT2D eigenvalue weighted by Crippen LogP contribution is -2.40. The van der Waals surface area contributed by atoms with Crippen molar-refractivity contribution < 1.29 is 9.47 Å². The van der Waals surface area contributed by atoms with E-state index in [4.69, 9.17) is 38.6 Å². The van der Waals surface area contributed by atoms with Crippen molar-refractivity contribution in [3.05, 3.63) is 48.5 Å². The fourth-order valence-electron chi connectivity index (χ4n) is 4.91. The van der Waals surface area contributed by atoms with E-state index < -0.39 is 0 Å². The largest absolute Gasteiger partial charge is 0.489 e. The average molecular weight is 805 g/mol. The van der Waals surface area contributed by atoms with Crippen molar-refractivity contribution in [1.29, 1.82) is 5.41 Å². The summed E-state index contributed by atoms with van der Waals surface area (Å²) in [4.78, 5) is 12.9. The molecule has 2 fully saturated rings. The summed E-state index contributed by atoms with van der Waals surface area (Å²) in [6, 6.07) is 15.5. The fourth-order valence-corrected chi connectivity index (χ4v) is 6.84. The van der Waals surface area contributed by atoms with Crippen molar-refractivity contribution in [2.24, 2.45) is 21.5 Å². The summed E-state index contributed by atoms with van der Waals surface area (Å²) in [7, 11) is 5.05. The molecule has 2 aromatic rings. The second kappa shape index (κ2) is 27.1. The number of aliphatic imine (C=N–C) groups is 2. The van der Waals surface area contributed by atoms with E-state index in [0.29, 0.717) is 16.4 Å². The van der Waals surface area contributed by atoms with Gasteiger partial charge in [0.2, 0.25) is 0 Å². The van der Waals surface area contributed by atoms with Gasteiger partial charge >= 0.3 is 0 Å². The van der Waals surface area contributed by atoms with E-state index in [0.717, 1.165) is 72.9 Å². The van der Waals surface area contributed by atoms with Gasteiger partial charge in [-0.3, -0.25) is 15.2 Å². The van der Waals surface area contributed by atoms with Gasteiger partial charge in [-0.25, -0.2) is 0 Å². The third-order valence-electron chi connectivity index (χ3n) is 7.22. The lowest BCUT2D eigenvalue weighted by molar-refractivity contribution is 0.0919. The van der Waals surface area contributed by atoms with Gasteiger partial charge in [0.25, 0.3) is 0 Å². The number of rotatable bonds is 10. The van der Waals surface area contributed by atoms with Crippen LogP contribution in [0.25, 0.3) is 0 Å². The van der Waals surface area contributed by atoms with Crippen LogP contribution in [0.15, 0.2) is 58.5 Å². The van der Waals surface area contributed by atoms with Crippen LogP contribution in [0.2, 0.25) is 0 Å². The molecule has 49 heavy (non-hydrogen) atoms. The number of nitrogens with two attached hydrogens (primary N) is 2. The number of hydrogen-bond acceptors (Lipinski definition) is 10. The molecule has 2 heterocycles. The van der Waals surface area contributed by atoms with Gasteiger partial charge in [-0.05, 0) is 125 Å². The molecule has 4 rings (SSSR count). The van der Waals surface area contributed by atoms with Gasteiger partial charge in [0.15, 0.2) is 15.4 Å². The van der Waals surface area contributed by atoms with Crippen LogP contribution in [0.5, 0.6) is 11.5 Å². The molecule has 2 saturated heterocycles. The Bertz CT molecular complexity index is 1330. The molecule has 2 aliphatic heterocycles. The van der Waals surface area contributed by atoms with Crippen LogP contribution in [-0.2, 0) is 0 Å². The highest BCUT2D eigenvalue weighted by molar-refractivity contribution is 8.16. The Hall–Kier alpha value is -1.56. The summed E-state index contributed by atoms with van der Waals surface area (Å²) >= 11 is 12.5. The molecule has 0 spiro atoms. The molecule has 2 aromatic carbocycles. The number of nitrogens with zero attached hydrogens (tertiary/aromatic N) is 4. The average Bonchev–Trinajstić information content (AvgIpc) is 3.07. The summed E-state index contributed by atoms with van der Waals surface area (Å²) in [5, 5.41) is 13.0. The zero-order chi connectivity index (χ0) is 35.1. The van der Waals surface area contributed by atoms with Crippen molar-refractivity contribution in [3.8, 4) is 11.5 Å². The lowest BCUT2D eigenvalue weighted by atomic mass is 10.1. The second-order valence-corrected chi connectivity index (χ2v) is 15.3. The van der Waals surface area contributed by atoms with Gasteiger partial charge in [-0.2, -0.15) is 9.98 Å². The summed E-state index contributed by atoms with van der Waals surface area (Å²) in [5.41, 5.74) is 14.0. The van der Waals surface area contributed by atoms with E-state index in [2.05, 4.69) is 74.8 Å². The summed E-state index contributed by atoms with van der Waals surface area (Å²) in [5.74, 6) is 1.79. The maximum absolute atomic E-state index is 6.62. The molecule has 6 N–H and O–H groups in total. The van der Waals surface area contributed by atoms with Gasteiger partial charge in [-0.15, -0.1) is 30.9 Å². The third kappa shape index (κ3) is 20.2. The van der Waals surface area contributed by atoms with Crippen LogP contribution in [0.4, 0.5) is 11.4 Å². The number of thiocarbonyl (C=S) groups is 2. The molecule has 0 bridgehead atoms. The lowest BCUT2D eigenvalue weighted by Gasteiger charge is -2.32. The smallest absolute Gasteiger partial charge is 0.199 e. The molecule has 17 heteroatoms. The van der Waals surface area contributed by atoms with Crippen LogP contribution in [-0.4, -0.2) is 92.9 Å². The number of hydrogen-bond donors (Lipinski definition) is 4. The number of amidine groups is 2. The molecular weight excluding hydrogens is 754 g/mol. The molecule has 4 atom stereocenters. The van der Waals surface area contributed by atoms with Gasteiger partial charge in [0, 0.05) is 29.8 Å². The number of likely N-dealkylation sites (N-methyl/N-ethyl adjacent to an activating group) is 2. The van der Waals surface area contributed by atoms with Gasteiger partial charge in [-0.1, -0.05) is 37.4 Å². The van der Waals surface area contributed by atoms with E-state index in [1.54, 1.807) is 0 Å². The van der Waals surface area contributed by atoms with Crippen LogP contribution in [0.1, 0.15) is 39.5 Å². The number of isothiocyanates is 1. The monoisotopic (exact) mass is 804 g/mol. The van der Waals surface area contributed by atoms with Crippen LogP contribution in [0.3, 0.4) is 0 Å². The Labute approximate surface area is 322 Å². The van der Waals surface area contributed by atoms with Crippen LogP contribution >= 0.6 is 78.8 Å². The highest BCUT2D eigenvalue weighted by atomic mass is 35.5. The minimum Gasteiger partial charge on any atom is -0.489 e. The van der Waals surface area contributed by atoms with Crippen molar-refractivity contribution in [2.75, 3.05) is 55.6 Å². The molecule has 0 aliphatic carbocycles. The Kier molecular flexibility index (Phi) is 25.2. The molecule has 0 radical (unpaired) electrons. The standard InChI is InChI=1S/C16H25N4OPS2.C14H18N2OS.C2H7N2PS.ClH/c1-2-20-9-3-4-14(10-20)21-13-7-5-12(6-8-13)18-16(23)19-15(17)24-11-22;1-2-16-9-3-4-14(10-16)17-13-7-5-12(6-8-13)15-11-18;3-2(4)6-1-5;/h5-8,14H,2-4,9-11,22H2,1H3,(H3,17,18,19,23);5-8,14H,2-4,9-10H2,1H3;1,5H2,(H3,3,4);1H. The number of thioether (sulfide) groups is 2. The SMILES string of the molecule is CCN1CCCC(Oc2ccc(N=C=S)cc2)C1.CCN1CCCC(Oc2ccc(NC(=S)N=C(N)SCP)cc2)C1.Cl.N=C(N)SCP. The first-order valence-corrected chi connectivity index (χ1v) is 20.3. The zero-order valence-electron chi connectivity index (χ0n) is 28.2. The first kappa shape index (κ1) is 45.5. The van der Waals surface area contributed by atoms with Gasteiger partial charge < -0.3 is 26.3 Å². The Morgan fingerprint density at radius 2 is 1.41 bits per heavy atom. The highest BCUT2D eigenvalue weighted by Crippen LogP contribution is 2.23. The van der Waals surface area contributed by atoms with Crippen molar-refractivity contribution in [1.82, 2.24) is 9.80 Å². The molecule has 0 saturated carbocycles. The molecule has 4 unspecified atom stereocenters. The molecule has 2 aliphatic rings. The van der Waals surface area contributed by atoms with Crippen LogP contribution in [0, 0.1) is 5.41 Å². The van der Waals surface area contributed by atoms with Crippen molar-refractivity contribution >= 4 is 111 Å². The van der Waals surface area contributed by atoms with E-state index in [1.165, 1.54) is 49.5 Å². The van der Waals surface area contributed by atoms with Crippen molar-refractivity contribution in [3.63, 3.8) is 0 Å². The maximum atomic E-state index is 6.62. The first-order chi connectivity index (χ1) is 23.2. The summed E-state index contributed by atoms with van der Waals surface area (Å²) in [6.07, 6.45) is 5.23. The van der Waals surface area contributed by atoms with Gasteiger partial charge in [0.05, 0.1) is 10.8 Å². The highest BCUT2D eigenvalue weighted by Gasteiger charge is 2.21. The number of anilines is 1. The first-order valence-electron chi connectivity index (χ1n) is 15.9. The second-order valence-electron chi connectivity index (χ2n) is 10.6. The Morgan fingerprint density at radius 3 is 1.82 bits per heavy atom. The number of ether oxygens (including phenoxy) is 2. The van der Waals surface area contributed by atoms with E-state index in [-0.39, 0.29) is 23.7 Å². The molecule has 272 valence electrons. The molecule has 0 amide bonds. The summed E-state index contributed by atoms with van der Waals surface area (Å²) < 4.78 is 12.1. The number of nitrogens with one attached hydrogen (secondary N) is 2. The third-order valence-corrected chi connectivity index (χ3v) is 9.54.